The van der Waals surface area contributed by atoms with Crippen LogP contribution in [-0.2, 0) is 20.7 Å². The molecule has 0 heterocycles. The average Bonchev–Trinajstić information content (AvgIpc) is 2.67. The summed E-state index contributed by atoms with van der Waals surface area (Å²) in [6.45, 7) is -0.309. The third kappa shape index (κ3) is 6.98. The first-order valence-electron chi connectivity index (χ1n) is 8.62. The van der Waals surface area contributed by atoms with Crippen molar-refractivity contribution in [3.05, 3.63) is 59.7 Å². The Morgan fingerprint density at radius 1 is 1.03 bits per heavy atom. The number of hydrogen-bond donors (Lipinski definition) is 3. The van der Waals surface area contributed by atoms with Crippen LogP contribution in [0.4, 0.5) is 5.69 Å². The van der Waals surface area contributed by atoms with Gasteiger partial charge < -0.3 is 25.4 Å². The van der Waals surface area contributed by atoms with Gasteiger partial charge in [-0.3, -0.25) is 15.0 Å². The highest BCUT2D eigenvalue weighted by atomic mass is 16.5. The van der Waals surface area contributed by atoms with Crippen molar-refractivity contribution in [2.24, 2.45) is 5.73 Å². The number of anilines is 1. The number of amides is 1. The number of nitrogens with zero attached hydrogens (tertiary/aromatic N) is 1. The smallest absolute Gasteiger partial charge is 0.343 e. The van der Waals surface area contributed by atoms with E-state index in [-0.39, 0.29) is 24.9 Å². The van der Waals surface area contributed by atoms with E-state index in [4.69, 9.17) is 20.6 Å². The summed E-state index contributed by atoms with van der Waals surface area (Å²) in [4.78, 5) is 36.8. The molecule has 9 nitrogen and oxygen atoms in total. The van der Waals surface area contributed by atoms with Crippen LogP contribution < -0.4 is 15.8 Å². The molecule has 0 fully saturated rings. The van der Waals surface area contributed by atoms with Crippen molar-refractivity contribution in [3.8, 4) is 5.75 Å². The Bertz CT molecular complexity index is 892. The molecule has 0 atom stereocenters. The van der Waals surface area contributed by atoms with E-state index >= 15 is 0 Å². The van der Waals surface area contributed by atoms with E-state index in [1.807, 2.05) is 0 Å². The van der Waals surface area contributed by atoms with Crippen LogP contribution in [0.1, 0.15) is 15.9 Å². The number of carbonyl (C=O) groups excluding carboxylic acids is 3. The molecule has 152 valence electrons. The van der Waals surface area contributed by atoms with Crippen LogP contribution in [0.25, 0.3) is 0 Å². The maximum Gasteiger partial charge on any atom is 0.343 e. The fourth-order valence-electron chi connectivity index (χ4n) is 2.18. The van der Waals surface area contributed by atoms with Gasteiger partial charge in [-0.25, -0.2) is 4.79 Å². The number of rotatable bonds is 7. The van der Waals surface area contributed by atoms with Gasteiger partial charge >= 0.3 is 11.9 Å². The quantitative estimate of drug-likeness (QED) is 0.278. The fourth-order valence-corrected chi connectivity index (χ4v) is 2.18. The van der Waals surface area contributed by atoms with Crippen molar-refractivity contribution in [3.63, 3.8) is 0 Å². The van der Waals surface area contributed by atoms with Crippen LogP contribution in [0, 0.1) is 5.41 Å². The SMILES string of the molecule is CN(C)C(=O)COC(=O)Cc1ccc(C(=O)Oc2ccc(NC(=N)N)cc2)cc1. The molecule has 4 N–H and O–H groups in total. The van der Waals surface area contributed by atoms with Crippen molar-refractivity contribution in [1.82, 2.24) is 4.90 Å². The zero-order chi connectivity index (χ0) is 21.4. The van der Waals surface area contributed by atoms with E-state index in [0.717, 1.165) is 0 Å². The lowest BCUT2D eigenvalue weighted by Gasteiger charge is -2.10. The molecular formula is C20H22N4O5. The molecule has 0 aliphatic carbocycles. The Hall–Kier alpha value is -3.88. The number of carbonyl (C=O) groups is 3. The summed E-state index contributed by atoms with van der Waals surface area (Å²) in [5.41, 5.74) is 6.80. The summed E-state index contributed by atoms with van der Waals surface area (Å²) in [6, 6.07) is 12.7. The summed E-state index contributed by atoms with van der Waals surface area (Å²) in [5.74, 6) is -1.25. The molecule has 2 aromatic rings. The van der Waals surface area contributed by atoms with Gasteiger partial charge in [0.05, 0.1) is 12.0 Å². The number of ether oxygens (including phenoxy) is 2. The second kappa shape index (κ2) is 9.88. The molecule has 0 radical (unpaired) electrons. The minimum Gasteiger partial charge on any atom is -0.455 e. The Labute approximate surface area is 167 Å². The summed E-state index contributed by atoms with van der Waals surface area (Å²) in [6.07, 6.45) is -0.0132. The minimum absolute atomic E-state index is 0.0132. The molecule has 0 spiro atoms. The van der Waals surface area contributed by atoms with Crippen molar-refractivity contribution in [2.45, 2.75) is 6.42 Å². The van der Waals surface area contributed by atoms with Crippen LogP contribution >= 0.6 is 0 Å². The molecule has 9 heteroatoms. The Morgan fingerprint density at radius 2 is 1.66 bits per heavy atom. The Morgan fingerprint density at radius 3 is 2.21 bits per heavy atom. The highest BCUT2D eigenvalue weighted by Crippen LogP contribution is 2.17. The van der Waals surface area contributed by atoms with E-state index in [1.54, 1.807) is 62.6 Å². The maximum absolute atomic E-state index is 12.2. The third-order valence-corrected chi connectivity index (χ3v) is 3.74. The lowest BCUT2D eigenvalue weighted by Crippen LogP contribution is -2.27. The number of likely N-dealkylation sites (N-methyl/N-ethyl adjacent to an activating group) is 1. The van der Waals surface area contributed by atoms with Gasteiger partial charge in [-0.15, -0.1) is 0 Å². The molecule has 0 saturated heterocycles. The van der Waals surface area contributed by atoms with Gasteiger partial charge in [-0.1, -0.05) is 12.1 Å². The molecule has 1 amide bonds. The molecule has 0 aromatic heterocycles. The van der Waals surface area contributed by atoms with Crippen molar-refractivity contribution in [1.29, 1.82) is 5.41 Å². The first-order valence-corrected chi connectivity index (χ1v) is 8.62. The lowest BCUT2D eigenvalue weighted by atomic mass is 10.1. The maximum atomic E-state index is 12.2. The number of esters is 2. The summed E-state index contributed by atoms with van der Waals surface area (Å²) in [5, 5.41) is 9.79. The number of nitrogens with one attached hydrogen (secondary N) is 2. The molecule has 0 saturated carbocycles. The summed E-state index contributed by atoms with van der Waals surface area (Å²) in [7, 11) is 3.15. The van der Waals surface area contributed by atoms with Crippen LogP contribution in [-0.4, -0.2) is 49.4 Å². The molecule has 0 aliphatic rings. The Kier molecular flexibility index (Phi) is 7.30. The average molecular weight is 398 g/mol. The van der Waals surface area contributed by atoms with Gasteiger partial charge in [0.15, 0.2) is 12.6 Å². The largest absolute Gasteiger partial charge is 0.455 e. The first-order chi connectivity index (χ1) is 13.7. The second-order valence-corrected chi connectivity index (χ2v) is 6.28. The monoisotopic (exact) mass is 398 g/mol. The van der Waals surface area contributed by atoms with Crippen molar-refractivity contribution < 1.29 is 23.9 Å². The van der Waals surface area contributed by atoms with E-state index in [9.17, 15) is 14.4 Å². The zero-order valence-corrected chi connectivity index (χ0v) is 16.1. The normalized spacial score (nSPS) is 10.0. The van der Waals surface area contributed by atoms with E-state index in [0.29, 0.717) is 22.6 Å². The van der Waals surface area contributed by atoms with Crippen LogP contribution in [0.5, 0.6) is 5.75 Å². The van der Waals surface area contributed by atoms with E-state index in [2.05, 4.69) is 5.32 Å². The lowest BCUT2D eigenvalue weighted by molar-refractivity contribution is -0.150. The highest BCUT2D eigenvalue weighted by Gasteiger charge is 2.12. The van der Waals surface area contributed by atoms with Gasteiger partial charge in [-0.2, -0.15) is 0 Å². The number of benzene rings is 2. The van der Waals surface area contributed by atoms with Gasteiger partial charge in [0, 0.05) is 19.8 Å². The standard InChI is InChI=1S/C20H22N4O5/c1-24(2)17(25)12-28-18(26)11-13-3-5-14(6-4-13)19(27)29-16-9-7-15(8-10-16)23-20(21)22/h3-10H,11-12H2,1-2H3,(H4,21,22,23). The number of hydrogen-bond acceptors (Lipinski definition) is 6. The molecule has 0 bridgehead atoms. The van der Waals surface area contributed by atoms with Gasteiger partial charge in [0.1, 0.15) is 5.75 Å². The third-order valence-electron chi connectivity index (χ3n) is 3.74. The van der Waals surface area contributed by atoms with Gasteiger partial charge in [0.25, 0.3) is 5.91 Å². The highest BCUT2D eigenvalue weighted by molar-refractivity contribution is 5.92. The molecular weight excluding hydrogens is 376 g/mol. The number of guanidine groups is 1. The summed E-state index contributed by atoms with van der Waals surface area (Å²) < 4.78 is 10.2. The minimum atomic E-state index is -0.553. The van der Waals surface area contributed by atoms with Crippen molar-refractivity contribution in [2.75, 3.05) is 26.0 Å². The molecule has 0 aliphatic heterocycles. The number of nitrogens with two attached hydrogens (primary N) is 1. The topological polar surface area (TPSA) is 135 Å². The van der Waals surface area contributed by atoms with Gasteiger partial charge in [0.2, 0.25) is 0 Å². The van der Waals surface area contributed by atoms with Crippen LogP contribution in [0.15, 0.2) is 48.5 Å². The molecule has 29 heavy (non-hydrogen) atoms. The first kappa shape index (κ1) is 21.4. The van der Waals surface area contributed by atoms with Crippen molar-refractivity contribution >= 4 is 29.5 Å². The van der Waals surface area contributed by atoms with Gasteiger partial charge in [-0.05, 0) is 42.0 Å². The summed E-state index contributed by atoms with van der Waals surface area (Å²) >= 11 is 0. The van der Waals surface area contributed by atoms with E-state index in [1.165, 1.54) is 4.90 Å². The molecule has 0 unspecified atom stereocenters. The fraction of sp³-hybridized carbons (Fsp3) is 0.200. The second-order valence-electron chi connectivity index (χ2n) is 6.28. The molecule has 2 rings (SSSR count). The predicted molar refractivity (Wildman–Crippen MR) is 107 cm³/mol. The van der Waals surface area contributed by atoms with Crippen LogP contribution in [0.2, 0.25) is 0 Å². The van der Waals surface area contributed by atoms with E-state index < -0.39 is 11.9 Å². The zero-order valence-electron chi connectivity index (χ0n) is 16.1. The van der Waals surface area contributed by atoms with Crippen LogP contribution in [0.3, 0.4) is 0 Å². The predicted octanol–water partition coefficient (Wildman–Crippen LogP) is 1.39. The Balaban J connectivity index is 1.88. The molecule has 2 aromatic carbocycles.